The van der Waals surface area contributed by atoms with Gasteiger partial charge in [0.25, 0.3) is 0 Å². The lowest BCUT2D eigenvalue weighted by Crippen LogP contribution is -2.20. The van der Waals surface area contributed by atoms with E-state index < -0.39 is 0 Å². The van der Waals surface area contributed by atoms with Crippen molar-refractivity contribution in [1.82, 2.24) is 10.4 Å². The Balaban J connectivity index is 1.70. The minimum atomic E-state index is -0.311. The van der Waals surface area contributed by atoms with E-state index >= 15 is 0 Å². The van der Waals surface area contributed by atoms with Crippen molar-refractivity contribution in [2.45, 2.75) is 19.8 Å². The smallest absolute Gasteiger partial charge is 0.240 e. The quantitative estimate of drug-likeness (QED) is 0.634. The summed E-state index contributed by atoms with van der Waals surface area (Å²) in [7, 11) is 0. The van der Waals surface area contributed by atoms with Gasteiger partial charge >= 0.3 is 0 Å². The molecule has 0 aliphatic heterocycles. The standard InChI is InChI=1S/C17H18N4O2/c1-13-2-4-15(5-3-13)20-16(22)6-7-17(23)21-19-12-14-8-10-18-11-9-14/h2-5,8-12H,6-7H2,1H3,(H,20,22)(H,21,23)/b19-12+. The highest BCUT2D eigenvalue weighted by atomic mass is 16.2. The molecule has 2 amide bonds. The summed E-state index contributed by atoms with van der Waals surface area (Å²) in [5.74, 6) is -0.517. The zero-order chi connectivity index (χ0) is 16.5. The molecule has 0 spiro atoms. The number of nitrogens with zero attached hydrogens (tertiary/aromatic N) is 2. The van der Waals surface area contributed by atoms with Crippen LogP contribution in [0.4, 0.5) is 5.69 Å². The van der Waals surface area contributed by atoms with Gasteiger partial charge in [-0.25, -0.2) is 5.43 Å². The average molecular weight is 310 g/mol. The van der Waals surface area contributed by atoms with E-state index in [0.717, 1.165) is 16.8 Å². The van der Waals surface area contributed by atoms with E-state index in [1.165, 1.54) is 6.21 Å². The third-order valence-electron chi connectivity index (χ3n) is 3.02. The van der Waals surface area contributed by atoms with E-state index in [9.17, 15) is 9.59 Å². The van der Waals surface area contributed by atoms with Gasteiger partial charge in [-0.3, -0.25) is 14.6 Å². The molecule has 0 saturated carbocycles. The normalized spacial score (nSPS) is 10.5. The van der Waals surface area contributed by atoms with Gasteiger partial charge in [-0.1, -0.05) is 17.7 Å². The van der Waals surface area contributed by atoms with Crippen LogP contribution in [0.15, 0.2) is 53.9 Å². The van der Waals surface area contributed by atoms with Crippen LogP contribution >= 0.6 is 0 Å². The number of nitrogens with one attached hydrogen (secondary N) is 2. The largest absolute Gasteiger partial charge is 0.326 e. The summed E-state index contributed by atoms with van der Waals surface area (Å²) in [6.45, 7) is 1.97. The Morgan fingerprint density at radius 2 is 1.70 bits per heavy atom. The Morgan fingerprint density at radius 3 is 2.39 bits per heavy atom. The molecule has 6 heteroatoms. The van der Waals surface area contributed by atoms with Crippen molar-refractivity contribution in [1.29, 1.82) is 0 Å². The topological polar surface area (TPSA) is 83.5 Å². The van der Waals surface area contributed by atoms with Crippen LogP contribution in [0.25, 0.3) is 0 Å². The molecule has 0 aliphatic rings. The Hall–Kier alpha value is -3.02. The van der Waals surface area contributed by atoms with Crippen molar-refractivity contribution in [2.24, 2.45) is 5.10 Å². The van der Waals surface area contributed by atoms with E-state index in [2.05, 4.69) is 20.8 Å². The van der Waals surface area contributed by atoms with Crippen molar-refractivity contribution >= 4 is 23.7 Å². The van der Waals surface area contributed by atoms with E-state index in [-0.39, 0.29) is 24.7 Å². The van der Waals surface area contributed by atoms with Gasteiger partial charge in [-0.2, -0.15) is 5.10 Å². The predicted octanol–water partition coefficient (Wildman–Crippen LogP) is 2.26. The number of hydrogen-bond acceptors (Lipinski definition) is 4. The van der Waals surface area contributed by atoms with Gasteiger partial charge in [0.05, 0.1) is 6.21 Å². The SMILES string of the molecule is Cc1ccc(NC(=O)CCC(=O)N/N=C/c2ccncc2)cc1. The monoisotopic (exact) mass is 310 g/mol. The number of hydrazone groups is 1. The molecule has 0 fully saturated rings. The molecular formula is C17H18N4O2. The van der Waals surface area contributed by atoms with Crippen molar-refractivity contribution in [3.8, 4) is 0 Å². The van der Waals surface area contributed by atoms with E-state index in [1.54, 1.807) is 24.5 Å². The molecule has 1 aromatic heterocycles. The Bertz CT molecular complexity index is 681. The highest BCUT2D eigenvalue weighted by Crippen LogP contribution is 2.09. The molecule has 118 valence electrons. The van der Waals surface area contributed by atoms with Crippen LogP contribution in [-0.4, -0.2) is 23.0 Å². The molecule has 1 heterocycles. The number of anilines is 1. The fourth-order valence-corrected chi connectivity index (χ4v) is 1.77. The molecule has 2 rings (SSSR count). The van der Waals surface area contributed by atoms with Crippen LogP contribution in [0.3, 0.4) is 0 Å². The second-order valence-electron chi connectivity index (χ2n) is 4.99. The molecule has 0 bridgehead atoms. The maximum Gasteiger partial charge on any atom is 0.240 e. The lowest BCUT2D eigenvalue weighted by Gasteiger charge is -2.05. The van der Waals surface area contributed by atoms with Gasteiger partial charge in [0.15, 0.2) is 0 Å². The first-order valence-electron chi connectivity index (χ1n) is 7.22. The molecule has 0 saturated heterocycles. The van der Waals surface area contributed by atoms with E-state index in [0.29, 0.717) is 0 Å². The number of amides is 2. The Morgan fingerprint density at radius 1 is 1.04 bits per heavy atom. The van der Waals surface area contributed by atoms with Crippen LogP contribution < -0.4 is 10.7 Å². The molecule has 2 N–H and O–H groups in total. The minimum Gasteiger partial charge on any atom is -0.326 e. The zero-order valence-electron chi connectivity index (χ0n) is 12.8. The molecule has 0 radical (unpaired) electrons. The fraction of sp³-hybridized carbons (Fsp3) is 0.176. The van der Waals surface area contributed by atoms with Crippen molar-refractivity contribution in [3.63, 3.8) is 0 Å². The van der Waals surface area contributed by atoms with Crippen LogP contribution in [0.5, 0.6) is 0 Å². The number of pyridine rings is 1. The van der Waals surface area contributed by atoms with Crippen LogP contribution in [-0.2, 0) is 9.59 Å². The van der Waals surface area contributed by atoms with Crippen LogP contribution in [0.1, 0.15) is 24.0 Å². The second kappa shape index (κ2) is 8.43. The van der Waals surface area contributed by atoms with Gasteiger partial charge in [-0.05, 0) is 36.8 Å². The van der Waals surface area contributed by atoms with Gasteiger partial charge in [0.2, 0.25) is 11.8 Å². The van der Waals surface area contributed by atoms with Gasteiger partial charge < -0.3 is 5.32 Å². The van der Waals surface area contributed by atoms with Gasteiger partial charge in [0.1, 0.15) is 0 Å². The summed E-state index contributed by atoms with van der Waals surface area (Å²) >= 11 is 0. The average Bonchev–Trinajstić information content (AvgIpc) is 2.56. The minimum absolute atomic E-state index is 0.0748. The van der Waals surface area contributed by atoms with Crippen molar-refractivity contribution in [2.75, 3.05) is 5.32 Å². The highest BCUT2D eigenvalue weighted by Gasteiger charge is 2.06. The van der Waals surface area contributed by atoms with Crippen LogP contribution in [0.2, 0.25) is 0 Å². The first-order valence-corrected chi connectivity index (χ1v) is 7.22. The highest BCUT2D eigenvalue weighted by molar-refractivity contribution is 5.93. The first-order chi connectivity index (χ1) is 11.1. The molecule has 0 unspecified atom stereocenters. The third-order valence-corrected chi connectivity index (χ3v) is 3.02. The lowest BCUT2D eigenvalue weighted by atomic mass is 10.2. The van der Waals surface area contributed by atoms with Crippen LogP contribution in [0, 0.1) is 6.92 Å². The number of rotatable bonds is 6. The molecule has 0 atom stereocenters. The van der Waals surface area contributed by atoms with E-state index in [1.807, 2.05) is 31.2 Å². The summed E-state index contributed by atoms with van der Waals surface area (Å²) in [5, 5.41) is 6.57. The molecule has 23 heavy (non-hydrogen) atoms. The van der Waals surface area contributed by atoms with Gasteiger partial charge in [0, 0.05) is 30.9 Å². The molecule has 0 aliphatic carbocycles. The maximum atomic E-state index is 11.8. The molecule has 1 aromatic carbocycles. The second-order valence-corrected chi connectivity index (χ2v) is 4.99. The van der Waals surface area contributed by atoms with Gasteiger partial charge in [-0.15, -0.1) is 0 Å². The first kappa shape index (κ1) is 16.4. The number of carbonyl (C=O) groups excluding carboxylic acids is 2. The van der Waals surface area contributed by atoms with E-state index in [4.69, 9.17) is 0 Å². The summed E-state index contributed by atoms with van der Waals surface area (Å²) in [6, 6.07) is 11.0. The Labute approximate surface area is 134 Å². The molecule has 6 nitrogen and oxygen atoms in total. The number of aromatic nitrogens is 1. The summed E-state index contributed by atoms with van der Waals surface area (Å²) in [4.78, 5) is 27.3. The number of benzene rings is 1. The maximum absolute atomic E-state index is 11.8. The fourth-order valence-electron chi connectivity index (χ4n) is 1.77. The molecule has 2 aromatic rings. The lowest BCUT2D eigenvalue weighted by molar-refractivity contribution is -0.124. The van der Waals surface area contributed by atoms with Crippen molar-refractivity contribution in [3.05, 3.63) is 59.9 Å². The Kier molecular flexibility index (Phi) is 5.99. The molecular weight excluding hydrogens is 292 g/mol. The summed E-state index contributed by atoms with van der Waals surface area (Å²) in [6.07, 6.45) is 4.97. The summed E-state index contributed by atoms with van der Waals surface area (Å²) in [5.41, 5.74) is 5.06. The number of aryl methyl sites for hydroxylation is 1. The summed E-state index contributed by atoms with van der Waals surface area (Å²) < 4.78 is 0. The zero-order valence-corrected chi connectivity index (χ0v) is 12.8. The predicted molar refractivity (Wildman–Crippen MR) is 89.0 cm³/mol. The van der Waals surface area contributed by atoms with Crippen molar-refractivity contribution < 1.29 is 9.59 Å². The third kappa shape index (κ3) is 6.09. The number of hydrogen-bond donors (Lipinski definition) is 2. The number of carbonyl (C=O) groups is 2.